The summed E-state index contributed by atoms with van der Waals surface area (Å²) in [6.45, 7) is 1.04. The number of primary amides is 1. The van der Waals surface area contributed by atoms with Crippen LogP contribution in [-0.2, 0) is 11.3 Å². The second-order valence-electron chi connectivity index (χ2n) is 6.92. The van der Waals surface area contributed by atoms with Crippen molar-refractivity contribution in [3.05, 3.63) is 30.7 Å². The molecule has 3 heterocycles. The molecule has 1 saturated carbocycles. The topological polar surface area (TPSA) is 132 Å². The Morgan fingerprint density at radius 2 is 2.10 bits per heavy atom. The van der Waals surface area contributed by atoms with E-state index in [2.05, 4.69) is 38.2 Å². The number of aromatic nitrogens is 5. The molecular weight excluding hydrogens is 392 g/mol. The highest BCUT2D eigenvalue weighted by Gasteiger charge is 2.23. The van der Waals surface area contributed by atoms with Gasteiger partial charge in [-0.2, -0.15) is 5.10 Å². The second-order valence-corrected chi connectivity index (χ2v) is 7.32. The van der Waals surface area contributed by atoms with E-state index >= 15 is 0 Å². The van der Waals surface area contributed by atoms with Gasteiger partial charge in [-0.1, -0.05) is 12.8 Å². The Morgan fingerprint density at radius 1 is 1.28 bits per heavy atom. The molecular formula is C18H20N8O2S. The van der Waals surface area contributed by atoms with Crippen LogP contribution in [0.5, 0.6) is 0 Å². The number of nitrogens with one attached hydrogen (secondary N) is 1. The van der Waals surface area contributed by atoms with E-state index in [1.165, 1.54) is 0 Å². The Bertz CT molecular complexity index is 1060. The van der Waals surface area contributed by atoms with Gasteiger partial charge in [0.1, 0.15) is 11.3 Å². The summed E-state index contributed by atoms with van der Waals surface area (Å²) in [4.78, 5) is 36.5. The van der Waals surface area contributed by atoms with Gasteiger partial charge in [0.25, 0.3) is 0 Å². The lowest BCUT2D eigenvalue weighted by Crippen LogP contribution is -2.35. The zero-order chi connectivity index (χ0) is 20.4. The van der Waals surface area contributed by atoms with Crippen molar-refractivity contribution < 1.29 is 9.59 Å². The van der Waals surface area contributed by atoms with E-state index in [0.29, 0.717) is 41.7 Å². The van der Waals surface area contributed by atoms with Crippen LogP contribution >= 0.6 is 12.8 Å². The van der Waals surface area contributed by atoms with Gasteiger partial charge in [-0.3, -0.25) is 14.5 Å². The minimum atomic E-state index is -0.387. The predicted molar refractivity (Wildman–Crippen MR) is 110 cm³/mol. The fraction of sp³-hybridized carbons (Fsp3) is 0.333. The van der Waals surface area contributed by atoms with Crippen LogP contribution in [0.25, 0.3) is 22.4 Å². The van der Waals surface area contributed by atoms with E-state index in [1.807, 2.05) is 0 Å². The quantitative estimate of drug-likeness (QED) is 0.504. The second kappa shape index (κ2) is 8.03. The van der Waals surface area contributed by atoms with Crippen LogP contribution in [-0.4, -0.2) is 43.2 Å². The number of pyridine rings is 1. The molecule has 0 saturated heterocycles. The molecule has 1 aliphatic carbocycles. The molecule has 3 amide bonds. The molecule has 3 aromatic rings. The van der Waals surface area contributed by atoms with Gasteiger partial charge in [0.15, 0.2) is 5.65 Å². The van der Waals surface area contributed by atoms with Crippen molar-refractivity contribution in [1.29, 1.82) is 0 Å². The van der Waals surface area contributed by atoms with Crippen LogP contribution in [0.3, 0.4) is 0 Å². The van der Waals surface area contributed by atoms with Gasteiger partial charge in [0.2, 0.25) is 5.91 Å². The van der Waals surface area contributed by atoms with Crippen molar-refractivity contribution in [2.24, 2.45) is 11.7 Å². The minimum Gasteiger partial charge on any atom is -0.370 e. The molecule has 0 atom stereocenters. The van der Waals surface area contributed by atoms with Crippen molar-refractivity contribution in [2.45, 2.75) is 25.8 Å². The fourth-order valence-electron chi connectivity index (χ4n) is 2.72. The van der Waals surface area contributed by atoms with Gasteiger partial charge < -0.3 is 11.1 Å². The molecule has 0 bridgehead atoms. The van der Waals surface area contributed by atoms with Gasteiger partial charge in [-0.05, 0) is 30.9 Å². The molecule has 0 unspecified atom stereocenters. The van der Waals surface area contributed by atoms with Crippen molar-refractivity contribution in [2.75, 3.05) is 10.8 Å². The number of nitrogens with zero attached hydrogens (tertiary/aromatic N) is 6. The summed E-state index contributed by atoms with van der Waals surface area (Å²) >= 11 is 4.26. The summed E-state index contributed by atoms with van der Waals surface area (Å²) in [6.07, 6.45) is 7.53. The largest absolute Gasteiger partial charge is 0.370 e. The monoisotopic (exact) mass is 412 g/mol. The third-order valence-corrected chi connectivity index (χ3v) is 4.94. The Balaban J connectivity index is 1.53. The number of nitrogens with two attached hydrogens (primary N) is 1. The highest BCUT2D eigenvalue weighted by Crippen LogP contribution is 2.28. The first-order chi connectivity index (χ1) is 14.0. The third-order valence-electron chi connectivity index (χ3n) is 4.56. The standard InChI is InChI=1S/C18H20N8O2S/c19-15(27)5-6-25-10-12(8-22-25)14-9-20-13-3-4-16(24-17(13)23-14)26(29)18(28)21-7-11-1-2-11/h3-4,8-11,29H,1-2,5-7H2,(H2,19,27)(H,21,28). The Hall–Kier alpha value is -3.21. The third kappa shape index (κ3) is 4.62. The Kier molecular flexibility index (Phi) is 5.30. The summed E-state index contributed by atoms with van der Waals surface area (Å²) in [5.74, 6) is 0.544. The smallest absolute Gasteiger partial charge is 0.333 e. The van der Waals surface area contributed by atoms with Crippen LogP contribution in [0.4, 0.5) is 10.6 Å². The summed E-state index contributed by atoms with van der Waals surface area (Å²) in [6, 6.07) is 3.08. The molecule has 1 aliphatic rings. The molecule has 150 valence electrons. The molecule has 10 nitrogen and oxygen atoms in total. The van der Waals surface area contributed by atoms with Crippen molar-refractivity contribution in [3.63, 3.8) is 0 Å². The number of carbonyl (C=O) groups excluding carboxylic acids is 2. The van der Waals surface area contributed by atoms with Gasteiger partial charge in [0.05, 0.1) is 18.1 Å². The predicted octanol–water partition coefficient (Wildman–Crippen LogP) is 1.53. The molecule has 0 radical (unpaired) electrons. The summed E-state index contributed by atoms with van der Waals surface area (Å²) in [5.41, 5.74) is 7.47. The first-order valence-electron chi connectivity index (χ1n) is 9.21. The lowest BCUT2D eigenvalue weighted by molar-refractivity contribution is -0.118. The summed E-state index contributed by atoms with van der Waals surface area (Å²) in [7, 11) is 0. The van der Waals surface area contributed by atoms with E-state index in [0.717, 1.165) is 22.7 Å². The van der Waals surface area contributed by atoms with Gasteiger partial charge in [-0.15, -0.1) is 0 Å². The summed E-state index contributed by atoms with van der Waals surface area (Å²) in [5, 5.41) is 7.04. The number of urea groups is 1. The van der Waals surface area contributed by atoms with Crippen LogP contribution in [0, 0.1) is 5.92 Å². The van der Waals surface area contributed by atoms with Crippen molar-refractivity contribution >= 4 is 41.7 Å². The molecule has 3 aromatic heterocycles. The average molecular weight is 412 g/mol. The zero-order valence-electron chi connectivity index (χ0n) is 15.5. The van der Waals surface area contributed by atoms with E-state index < -0.39 is 0 Å². The first-order valence-corrected chi connectivity index (χ1v) is 9.61. The molecule has 29 heavy (non-hydrogen) atoms. The molecule has 1 fully saturated rings. The maximum Gasteiger partial charge on any atom is 0.333 e. The number of hydrogen-bond acceptors (Lipinski definition) is 7. The van der Waals surface area contributed by atoms with E-state index in [9.17, 15) is 9.59 Å². The number of aryl methyl sites for hydroxylation is 1. The fourth-order valence-corrected chi connectivity index (χ4v) is 2.90. The number of hydrogen-bond donors (Lipinski definition) is 3. The van der Waals surface area contributed by atoms with Crippen LogP contribution < -0.4 is 15.4 Å². The number of thiol groups is 1. The van der Waals surface area contributed by atoms with Crippen LogP contribution in [0.1, 0.15) is 19.3 Å². The number of fused-ring (bicyclic) bond motifs is 1. The molecule has 0 aromatic carbocycles. The van der Waals surface area contributed by atoms with E-state index in [4.69, 9.17) is 5.73 Å². The summed E-state index contributed by atoms with van der Waals surface area (Å²) < 4.78 is 2.79. The number of carbonyl (C=O) groups is 2. The van der Waals surface area contributed by atoms with Crippen molar-refractivity contribution in [1.82, 2.24) is 30.0 Å². The van der Waals surface area contributed by atoms with Gasteiger partial charge >= 0.3 is 6.03 Å². The van der Waals surface area contributed by atoms with Crippen molar-refractivity contribution in [3.8, 4) is 11.3 Å². The van der Waals surface area contributed by atoms with Gasteiger partial charge in [-0.25, -0.2) is 19.1 Å². The molecule has 4 rings (SSSR count). The SMILES string of the molecule is NC(=O)CCn1cc(-c2cnc3ccc(N(S)C(=O)NCC4CC4)nc3n2)cn1. The number of amides is 3. The van der Waals surface area contributed by atoms with Crippen LogP contribution in [0.15, 0.2) is 30.7 Å². The Labute approximate surface area is 172 Å². The lowest BCUT2D eigenvalue weighted by atomic mass is 10.2. The first kappa shape index (κ1) is 19.1. The zero-order valence-corrected chi connectivity index (χ0v) is 16.4. The Morgan fingerprint density at radius 3 is 2.86 bits per heavy atom. The number of anilines is 1. The highest BCUT2D eigenvalue weighted by molar-refractivity contribution is 7.82. The normalized spacial score (nSPS) is 13.4. The van der Waals surface area contributed by atoms with Gasteiger partial charge in [0, 0.05) is 31.3 Å². The maximum absolute atomic E-state index is 12.2. The maximum atomic E-state index is 12.2. The molecule has 3 N–H and O–H groups in total. The minimum absolute atomic E-state index is 0.204. The highest BCUT2D eigenvalue weighted by atomic mass is 32.1. The van der Waals surface area contributed by atoms with E-state index in [1.54, 1.807) is 35.4 Å². The molecule has 0 aliphatic heterocycles. The molecule has 0 spiro atoms. The molecule has 11 heteroatoms. The van der Waals surface area contributed by atoms with Crippen LogP contribution in [0.2, 0.25) is 0 Å². The average Bonchev–Trinajstić information content (AvgIpc) is 3.44. The lowest BCUT2D eigenvalue weighted by Gasteiger charge is -2.15. The number of rotatable bonds is 7. The van der Waals surface area contributed by atoms with E-state index in [-0.39, 0.29) is 18.4 Å².